The van der Waals surface area contributed by atoms with E-state index in [2.05, 4.69) is 59.2 Å². The molecule has 0 saturated heterocycles. The lowest BCUT2D eigenvalue weighted by atomic mass is 10.1. The van der Waals surface area contributed by atoms with Gasteiger partial charge < -0.3 is 19.9 Å². The van der Waals surface area contributed by atoms with Gasteiger partial charge in [0.15, 0.2) is 0 Å². The number of carbonyl (C=O) groups excluding carboxylic acids is 1. The Kier molecular flexibility index (Phi) is 10.0. The van der Waals surface area contributed by atoms with E-state index in [-0.39, 0.29) is 6.03 Å². The molecule has 0 aliphatic rings. The highest BCUT2D eigenvalue weighted by Gasteiger charge is 2.13. The molecule has 6 nitrogen and oxygen atoms in total. The van der Waals surface area contributed by atoms with E-state index in [0.717, 1.165) is 79.0 Å². The summed E-state index contributed by atoms with van der Waals surface area (Å²) in [7, 11) is 0. The van der Waals surface area contributed by atoms with Crippen LogP contribution >= 0.6 is 0 Å². The summed E-state index contributed by atoms with van der Waals surface area (Å²) in [5, 5.41) is 6.00. The van der Waals surface area contributed by atoms with Crippen molar-refractivity contribution < 1.29 is 9.53 Å². The number of hydrogen-bond acceptors (Lipinski definition) is 3. The van der Waals surface area contributed by atoms with Crippen LogP contribution in [0.15, 0.2) is 54.9 Å². The second kappa shape index (κ2) is 13.4. The number of rotatable bonds is 13. The quantitative estimate of drug-likeness (QED) is 0.282. The summed E-state index contributed by atoms with van der Waals surface area (Å²) >= 11 is 0. The van der Waals surface area contributed by atoms with Gasteiger partial charge in [0.1, 0.15) is 5.75 Å². The Morgan fingerprint density at radius 1 is 1.00 bits per heavy atom. The molecular formula is C28H38N4O2. The molecule has 1 heterocycles. The molecule has 0 aliphatic heterocycles. The summed E-state index contributed by atoms with van der Waals surface area (Å²) in [6.07, 6.45) is 7.86. The number of unbranched alkanes of at least 4 members (excludes halogenated alkanes) is 2. The minimum atomic E-state index is -0.174. The fraction of sp³-hybridized carbons (Fsp3) is 0.429. The summed E-state index contributed by atoms with van der Waals surface area (Å²) in [6, 6.07) is 16.1. The lowest BCUT2D eigenvalue weighted by Crippen LogP contribution is -2.30. The fourth-order valence-electron chi connectivity index (χ4n) is 4.02. The van der Waals surface area contributed by atoms with Gasteiger partial charge in [-0.05, 0) is 37.8 Å². The van der Waals surface area contributed by atoms with Crippen molar-refractivity contribution >= 4 is 11.7 Å². The van der Waals surface area contributed by atoms with Crippen molar-refractivity contribution in [3.05, 3.63) is 66.1 Å². The highest BCUT2D eigenvalue weighted by Crippen LogP contribution is 2.30. The number of urea groups is 1. The van der Waals surface area contributed by atoms with Gasteiger partial charge in [0.25, 0.3) is 0 Å². The number of ether oxygens (including phenoxy) is 1. The van der Waals surface area contributed by atoms with E-state index < -0.39 is 0 Å². The number of aryl methyl sites for hydroxylation is 2. The highest BCUT2D eigenvalue weighted by molar-refractivity contribution is 5.92. The van der Waals surface area contributed by atoms with Crippen molar-refractivity contribution in [2.75, 3.05) is 18.5 Å². The number of nitrogens with zero attached hydrogens (tertiary/aromatic N) is 2. The minimum Gasteiger partial charge on any atom is -0.491 e. The van der Waals surface area contributed by atoms with Gasteiger partial charge in [-0.25, -0.2) is 9.78 Å². The van der Waals surface area contributed by atoms with Crippen molar-refractivity contribution in [3.63, 3.8) is 0 Å². The Morgan fingerprint density at radius 3 is 2.59 bits per heavy atom. The maximum Gasteiger partial charge on any atom is 0.319 e. The summed E-state index contributed by atoms with van der Waals surface area (Å²) in [5.41, 5.74) is 5.18. The average Bonchev–Trinajstić information content (AvgIpc) is 3.22. The van der Waals surface area contributed by atoms with Gasteiger partial charge in [0, 0.05) is 24.3 Å². The second-order valence-electron chi connectivity index (χ2n) is 8.57. The van der Waals surface area contributed by atoms with Crippen LogP contribution in [0.3, 0.4) is 0 Å². The number of benzene rings is 2. The van der Waals surface area contributed by atoms with Crippen molar-refractivity contribution in [1.29, 1.82) is 0 Å². The zero-order valence-corrected chi connectivity index (χ0v) is 20.8. The summed E-state index contributed by atoms with van der Waals surface area (Å²) < 4.78 is 8.31. The van der Waals surface area contributed by atoms with E-state index in [4.69, 9.17) is 4.74 Å². The largest absolute Gasteiger partial charge is 0.491 e. The van der Waals surface area contributed by atoms with Crippen LogP contribution in [-0.2, 0) is 13.0 Å². The van der Waals surface area contributed by atoms with Crippen molar-refractivity contribution in [1.82, 2.24) is 14.9 Å². The number of hydrogen-bond donors (Lipinski definition) is 2. The maximum absolute atomic E-state index is 12.5. The third kappa shape index (κ3) is 7.11. The molecule has 3 aromatic rings. The first-order valence-corrected chi connectivity index (χ1v) is 12.5. The molecule has 2 N–H and O–H groups in total. The summed E-state index contributed by atoms with van der Waals surface area (Å²) in [6.45, 7) is 8.45. The molecule has 2 aromatic carbocycles. The first kappa shape index (κ1) is 25.3. The van der Waals surface area contributed by atoms with Crippen molar-refractivity contribution in [3.8, 4) is 17.0 Å². The molecule has 34 heavy (non-hydrogen) atoms. The topological polar surface area (TPSA) is 68.2 Å². The average molecular weight is 463 g/mol. The number of amides is 2. The number of anilines is 1. The van der Waals surface area contributed by atoms with Crippen LogP contribution in [-0.4, -0.2) is 28.7 Å². The minimum absolute atomic E-state index is 0.174. The summed E-state index contributed by atoms with van der Waals surface area (Å²) in [5.74, 6) is 0.724. The van der Waals surface area contributed by atoms with E-state index in [1.807, 2.05) is 36.7 Å². The van der Waals surface area contributed by atoms with Crippen LogP contribution in [0.5, 0.6) is 5.75 Å². The Hall–Kier alpha value is -3.28. The van der Waals surface area contributed by atoms with Crippen LogP contribution in [0.2, 0.25) is 0 Å². The molecule has 0 spiro atoms. The Bertz CT molecular complexity index is 1030. The highest BCUT2D eigenvalue weighted by atomic mass is 16.5. The summed E-state index contributed by atoms with van der Waals surface area (Å²) in [4.78, 5) is 17.1. The van der Waals surface area contributed by atoms with Gasteiger partial charge in [-0.2, -0.15) is 0 Å². The maximum atomic E-state index is 12.5. The lowest BCUT2D eigenvalue weighted by Gasteiger charge is -2.17. The van der Waals surface area contributed by atoms with Crippen molar-refractivity contribution in [2.24, 2.45) is 0 Å². The molecule has 0 saturated carbocycles. The first-order chi connectivity index (χ1) is 16.6. The van der Waals surface area contributed by atoms with E-state index >= 15 is 0 Å². The van der Waals surface area contributed by atoms with Crippen LogP contribution in [0.25, 0.3) is 11.3 Å². The number of carbonyl (C=O) groups is 1. The molecule has 6 heteroatoms. The van der Waals surface area contributed by atoms with Gasteiger partial charge >= 0.3 is 6.03 Å². The van der Waals surface area contributed by atoms with Gasteiger partial charge in [-0.15, -0.1) is 0 Å². The Morgan fingerprint density at radius 2 is 1.82 bits per heavy atom. The standard InChI is InChI=1S/C28H38N4O2/c1-4-6-10-18-29-28(33)31-27-23(13-5-2)16-11-17-25(27)34-20-12-19-32-21-30-26(22(32)3)24-14-8-7-9-15-24/h7-9,11,14-17,21H,4-6,10,12-13,18-20H2,1-3H3,(H2,29,31,33). The Balaban J connectivity index is 1.58. The van der Waals surface area contributed by atoms with Gasteiger partial charge in [0.05, 0.1) is 24.3 Å². The van der Waals surface area contributed by atoms with E-state index in [1.165, 1.54) is 0 Å². The van der Waals surface area contributed by atoms with Gasteiger partial charge in [0.2, 0.25) is 0 Å². The molecule has 0 bridgehead atoms. The lowest BCUT2D eigenvalue weighted by molar-refractivity contribution is 0.251. The molecule has 1 aromatic heterocycles. The predicted octanol–water partition coefficient (Wildman–Crippen LogP) is 6.59. The fourth-order valence-corrected chi connectivity index (χ4v) is 4.02. The Labute approximate surface area is 203 Å². The molecular weight excluding hydrogens is 424 g/mol. The van der Waals surface area contributed by atoms with Crippen LogP contribution < -0.4 is 15.4 Å². The number of imidazole rings is 1. The second-order valence-corrected chi connectivity index (χ2v) is 8.57. The smallest absolute Gasteiger partial charge is 0.319 e. The SMILES string of the molecule is CCCCCNC(=O)Nc1c(CCC)cccc1OCCCn1cnc(-c2ccccc2)c1C. The number of aromatic nitrogens is 2. The number of para-hydroxylation sites is 1. The molecule has 0 fully saturated rings. The zero-order chi connectivity index (χ0) is 24.2. The van der Waals surface area contributed by atoms with E-state index in [0.29, 0.717) is 13.2 Å². The molecule has 0 aliphatic carbocycles. The monoisotopic (exact) mass is 462 g/mol. The molecule has 0 unspecified atom stereocenters. The van der Waals surface area contributed by atoms with Gasteiger partial charge in [-0.1, -0.05) is 75.6 Å². The van der Waals surface area contributed by atoms with E-state index in [1.54, 1.807) is 0 Å². The molecule has 182 valence electrons. The molecule has 3 rings (SSSR count). The normalized spacial score (nSPS) is 10.8. The molecule has 0 atom stereocenters. The van der Waals surface area contributed by atoms with E-state index in [9.17, 15) is 4.79 Å². The van der Waals surface area contributed by atoms with Crippen LogP contribution in [0.4, 0.5) is 10.5 Å². The zero-order valence-electron chi connectivity index (χ0n) is 20.8. The van der Waals surface area contributed by atoms with Gasteiger partial charge in [-0.3, -0.25) is 0 Å². The van der Waals surface area contributed by atoms with Crippen LogP contribution in [0.1, 0.15) is 57.2 Å². The predicted molar refractivity (Wildman–Crippen MR) is 139 cm³/mol. The van der Waals surface area contributed by atoms with Crippen molar-refractivity contribution in [2.45, 2.75) is 65.8 Å². The molecule has 2 amide bonds. The number of nitrogens with one attached hydrogen (secondary N) is 2. The van der Waals surface area contributed by atoms with Crippen LogP contribution in [0, 0.1) is 6.92 Å². The molecule has 0 radical (unpaired) electrons. The third-order valence-electron chi connectivity index (χ3n) is 5.88. The third-order valence-corrected chi connectivity index (χ3v) is 5.88. The first-order valence-electron chi connectivity index (χ1n) is 12.5.